The highest BCUT2D eigenvalue weighted by molar-refractivity contribution is 5.69. The molecular formula is C13H18N2O2. The Balaban J connectivity index is 2.02. The van der Waals surface area contributed by atoms with E-state index < -0.39 is 5.60 Å². The van der Waals surface area contributed by atoms with Gasteiger partial charge in [-0.2, -0.15) is 0 Å². The van der Waals surface area contributed by atoms with Crippen LogP contribution in [0.5, 0.6) is 0 Å². The zero-order valence-corrected chi connectivity index (χ0v) is 10.5. The Morgan fingerprint density at radius 1 is 1.47 bits per heavy atom. The van der Waals surface area contributed by atoms with Crippen LogP contribution in [0.25, 0.3) is 0 Å². The van der Waals surface area contributed by atoms with E-state index in [4.69, 9.17) is 4.74 Å². The van der Waals surface area contributed by atoms with Crippen LogP contribution in [0.15, 0.2) is 24.4 Å². The van der Waals surface area contributed by atoms with Crippen LogP contribution in [0.2, 0.25) is 0 Å². The third-order valence-electron chi connectivity index (χ3n) is 2.68. The van der Waals surface area contributed by atoms with Crippen molar-refractivity contribution < 1.29 is 9.53 Å². The first-order valence-corrected chi connectivity index (χ1v) is 5.88. The fourth-order valence-electron chi connectivity index (χ4n) is 1.81. The van der Waals surface area contributed by atoms with Gasteiger partial charge in [-0.05, 0) is 39.3 Å². The fraction of sp³-hybridized carbons (Fsp3) is 0.538. The van der Waals surface area contributed by atoms with Crippen molar-refractivity contribution in [2.45, 2.75) is 38.8 Å². The van der Waals surface area contributed by atoms with Crippen molar-refractivity contribution >= 4 is 6.09 Å². The zero-order chi connectivity index (χ0) is 12.5. The smallest absolute Gasteiger partial charge is 0.410 e. The molecule has 2 heterocycles. The van der Waals surface area contributed by atoms with Crippen molar-refractivity contribution in [2.75, 3.05) is 6.54 Å². The van der Waals surface area contributed by atoms with Crippen LogP contribution >= 0.6 is 0 Å². The monoisotopic (exact) mass is 234 g/mol. The molecular weight excluding hydrogens is 216 g/mol. The summed E-state index contributed by atoms with van der Waals surface area (Å²) in [7, 11) is 0. The van der Waals surface area contributed by atoms with Crippen molar-refractivity contribution in [2.24, 2.45) is 0 Å². The Kier molecular flexibility index (Phi) is 3.05. The molecule has 1 aliphatic heterocycles. The molecule has 1 unspecified atom stereocenters. The molecule has 1 aliphatic rings. The van der Waals surface area contributed by atoms with E-state index in [9.17, 15) is 4.79 Å². The van der Waals surface area contributed by atoms with E-state index in [2.05, 4.69) is 4.98 Å². The van der Waals surface area contributed by atoms with Crippen LogP contribution in [-0.4, -0.2) is 28.1 Å². The van der Waals surface area contributed by atoms with E-state index in [-0.39, 0.29) is 12.1 Å². The van der Waals surface area contributed by atoms with E-state index in [0.29, 0.717) is 0 Å². The Hall–Kier alpha value is -1.58. The summed E-state index contributed by atoms with van der Waals surface area (Å²) in [5.74, 6) is 0. The highest BCUT2D eigenvalue weighted by Gasteiger charge is 2.36. The second kappa shape index (κ2) is 4.35. The molecule has 4 nitrogen and oxygen atoms in total. The standard InChI is InChI=1S/C13H18N2O2/c1-13(2,3)17-12(16)15-9-7-11(15)10-6-4-5-8-14-10/h4-6,8,11H,7,9H2,1-3H3. The van der Waals surface area contributed by atoms with Crippen molar-refractivity contribution in [1.82, 2.24) is 9.88 Å². The van der Waals surface area contributed by atoms with E-state index in [1.807, 2.05) is 39.0 Å². The average molecular weight is 234 g/mol. The van der Waals surface area contributed by atoms with Crippen LogP contribution < -0.4 is 0 Å². The number of hydrogen-bond donors (Lipinski definition) is 0. The minimum absolute atomic E-state index is 0.0750. The Morgan fingerprint density at radius 3 is 2.71 bits per heavy atom. The molecule has 0 saturated carbocycles. The lowest BCUT2D eigenvalue weighted by Crippen LogP contribution is -2.47. The average Bonchev–Trinajstić information content (AvgIpc) is 2.14. The molecule has 0 spiro atoms. The van der Waals surface area contributed by atoms with Crippen LogP contribution in [0, 0.1) is 0 Å². The molecule has 0 bridgehead atoms. The lowest BCUT2D eigenvalue weighted by molar-refractivity contribution is -0.00652. The number of pyridine rings is 1. The quantitative estimate of drug-likeness (QED) is 0.750. The van der Waals surface area contributed by atoms with E-state index in [1.54, 1.807) is 11.1 Å². The second-order valence-corrected chi connectivity index (χ2v) is 5.23. The highest BCUT2D eigenvalue weighted by atomic mass is 16.6. The van der Waals surface area contributed by atoms with Crippen molar-refractivity contribution in [3.05, 3.63) is 30.1 Å². The first-order chi connectivity index (χ1) is 7.97. The number of rotatable bonds is 1. The van der Waals surface area contributed by atoms with E-state index in [1.165, 1.54) is 0 Å². The molecule has 1 saturated heterocycles. The van der Waals surface area contributed by atoms with Gasteiger partial charge >= 0.3 is 6.09 Å². The van der Waals surface area contributed by atoms with Crippen LogP contribution in [0.4, 0.5) is 4.79 Å². The summed E-state index contributed by atoms with van der Waals surface area (Å²) in [4.78, 5) is 17.9. The lowest BCUT2D eigenvalue weighted by atomic mass is 10.00. The molecule has 1 atom stereocenters. The number of ether oxygens (including phenoxy) is 1. The minimum atomic E-state index is -0.443. The van der Waals surface area contributed by atoms with Gasteiger partial charge in [-0.1, -0.05) is 6.07 Å². The maximum Gasteiger partial charge on any atom is 0.410 e. The summed E-state index contributed by atoms with van der Waals surface area (Å²) in [6.07, 6.45) is 2.45. The molecule has 4 heteroatoms. The van der Waals surface area contributed by atoms with Gasteiger partial charge in [0.25, 0.3) is 0 Å². The second-order valence-electron chi connectivity index (χ2n) is 5.23. The lowest BCUT2D eigenvalue weighted by Gasteiger charge is -2.40. The van der Waals surface area contributed by atoms with Gasteiger partial charge in [0.1, 0.15) is 5.60 Å². The third kappa shape index (κ3) is 2.75. The van der Waals surface area contributed by atoms with Crippen molar-refractivity contribution in [1.29, 1.82) is 0 Å². The van der Waals surface area contributed by atoms with Gasteiger partial charge in [-0.25, -0.2) is 4.79 Å². The van der Waals surface area contributed by atoms with Crippen LogP contribution in [0.1, 0.15) is 38.9 Å². The van der Waals surface area contributed by atoms with Gasteiger partial charge in [0, 0.05) is 12.7 Å². The summed E-state index contributed by atoms with van der Waals surface area (Å²) in [5, 5.41) is 0. The molecule has 0 aliphatic carbocycles. The third-order valence-corrected chi connectivity index (χ3v) is 2.68. The predicted octanol–water partition coefficient (Wildman–Crippen LogP) is 2.76. The minimum Gasteiger partial charge on any atom is -0.444 e. The summed E-state index contributed by atoms with van der Waals surface area (Å²) in [6, 6.07) is 5.83. The van der Waals surface area contributed by atoms with Gasteiger partial charge in [0.15, 0.2) is 0 Å². The molecule has 0 N–H and O–H groups in total. The Labute approximate surface area is 102 Å². The predicted molar refractivity (Wildman–Crippen MR) is 64.5 cm³/mol. The number of carbonyl (C=O) groups is 1. The van der Waals surface area contributed by atoms with Crippen molar-refractivity contribution in [3.8, 4) is 0 Å². The molecule has 0 aromatic carbocycles. The molecule has 1 fully saturated rings. The molecule has 2 rings (SSSR count). The first-order valence-electron chi connectivity index (χ1n) is 5.88. The number of nitrogens with zero attached hydrogens (tertiary/aromatic N) is 2. The van der Waals surface area contributed by atoms with Crippen LogP contribution in [0.3, 0.4) is 0 Å². The van der Waals surface area contributed by atoms with Crippen LogP contribution in [-0.2, 0) is 4.74 Å². The molecule has 1 aromatic heterocycles. The number of amides is 1. The summed E-state index contributed by atoms with van der Waals surface area (Å²) >= 11 is 0. The topological polar surface area (TPSA) is 42.4 Å². The number of carbonyl (C=O) groups excluding carboxylic acids is 1. The molecule has 17 heavy (non-hydrogen) atoms. The van der Waals surface area contributed by atoms with Gasteiger partial charge in [-0.15, -0.1) is 0 Å². The molecule has 0 radical (unpaired) electrons. The fourth-order valence-corrected chi connectivity index (χ4v) is 1.81. The van der Waals surface area contributed by atoms with Gasteiger partial charge in [0.05, 0.1) is 11.7 Å². The number of hydrogen-bond acceptors (Lipinski definition) is 3. The number of aromatic nitrogens is 1. The maximum absolute atomic E-state index is 11.9. The summed E-state index contributed by atoms with van der Waals surface area (Å²) in [5.41, 5.74) is 0.492. The Bertz CT molecular complexity index is 398. The highest BCUT2D eigenvalue weighted by Crippen LogP contribution is 2.33. The largest absolute Gasteiger partial charge is 0.444 e. The SMILES string of the molecule is CC(C)(C)OC(=O)N1CCC1c1ccccn1. The first kappa shape index (κ1) is 11.9. The van der Waals surface area contributed by atoms with Crippen molar-refractivity contribution in [3.63, 3.8) is 0 Å². The van der Waals surface area contributed by atoms with Gasteiger partial charge in [-0.3, -0.25) is 9.88 Å². The molecule has 1 aromatic rings. The summed E-state index contributed by atoms with van der Waals surface area (Å²) in [6.45, 7) is 6.37. The molecule has 92 valence electrons. The summed E-state index contributed by atoms with van der Waals surface area (Å²) < 4.78 is 5.35. The van der Waals surface area contributed by atoms with Gasteiger partial charge < -0.3 is 4.74 Å². The van der Waals surface area contributed by atoms with E-state index in [0.717, 1.165) is 18.7 Å². The van der Waals surface area contributed by atoms with Gasteiger partial charge in [0.2, 0.25) is 0 Å². The Morgan fingerprint density at radius 2 is 2.24 bits per heavy atom. The maximum atomic E-state index is 11.9. The van der Waals surface area contributed by atoms with E-state index >= 15 is 0 Å². The number of likely N-dealkylation sites (tertiary alicyclic amines) is 1. The normalized spacial score (nSPS) is 19.7. The zero-order valence-electron chi connectivity index (χ0n) is 10.5. The molecule has 1 amide bonds.